The molecular weight excluding hydrogens is 284 g/mol. The molecule has 4 nitrogen and oxygen atoms in total. The maximum atomic E-state index is 6.43. The molecule has 1 saturated carbocycles. The number of nitrogens with one attached hydrogen (secondary N) is 1. The van der Waals surface area contributed by atoms with E-state index in [2.05, 4.69) is 36.1 Å². The molecular formula is C16H27ClN4. The predicted octanol–water partition coefficient (Wildman–Crippen LogP) is 2.73. The van der Waals surface area contributed by atoms with E-state index in [0.29, 0.717) is 6.04 Å². The average molecular weight is 311 g/mol. The minimum Gasteiger partial charge on any atom is -0.308 e. The van der Waals surface area contributed by atoms with E-state index in [1.807, 2.05) is 7.05 Å². The lowest BCUT2D eigenvalue weighted by Gasteiger charge is -2.46. The summed E-state index contributed by atoms with van der Waals surface area (Å²) in [5, 5.41) is 9.05. The molecule has 0 amide bonds. The molecule has 1 aliphatic heterocycles. The van der Waals surface area contributed by atoms with Crippen molar-refractivity contribution in [1.82, 2.24) is 20.0 Å². The maximum Gasteiger partial charge on any atom is 0.131 e. The number of hydrogen-bond acceptors (Lipinski definition) is 3. The fourth-order valence-corrected chi connectivity index (χ4v) is 3.96. The maximum absolute atomic E-state index is 6.43. The number of aromatic nitrogens is 2. The summed E-state index contributed by atoms with van der Waals surface area (Å²) in [4.78, 5) is 2.62. The smallest absolute Gasteiger partial charge is 0.131 e. The Labute approximate surface area is 132 Å². The Balaban J connectivity index is 1.80. The Hall–Kier alpha value is -0.580. The normalized spacial score (nSPS) is 30.8. The third-order valence-corrected chi connectivity index (χ3v) is 5.84. The monoisotopic (exact) mass is 310 g/mol. The molecule has 2 heterocycles. The van der Waals surface area contributed by atoms with Crippen LogP contribution in [0.25, 0.3) is 0 Å². The Bertz CT molecular complexity index is 523. The Morgan fingerprint density at radius 2 is 2.14 bits per heavy atom. The fourth-order valence-electron chi connectivity index (χ4n) is 3.72. The van der Waals surface area contributed by atoms with Crippen LogP contribution < -0.4 is 5.32 Å². The van der Waals surface area contributed by atoms with Crippen molar-refractivity contribution >= 4 is 11.6 Å². The van der Waals surface area contributed by atoms with Gasteiger partial charge in [-0.15, -0.1) is 0 Å². The molecule has 2 unspecified atom stereocenters. The number of hydrogen-bond donors (Lipinski definition) is 1. The van der Waals surface area contributed by atoms with Crippen LogP contribution in [-0.2, 0) is 13.6 Å². The van der Waals surface area contributed by atoms with Gasteiger partial charge in [0.25, 0.3) is 0 Å². The number of rotatable bonds is 4. The summed E-state index contributed by atoms with van der Waals surface area (Å²) in [6.45, 7) is 9.84. The Kier molecular flexibility index (Phi) is 4.06. The first-order valence-electron chi connectivity index (χ1n) is 8.11. The highest BCUT2D eigenvalue weighted by atomic mass is 35.5. The molecule has 2 aliphatic rings. The van der Waals surface area contributed by atoms with Crippen LogP contribution in [0.4, 0.5) is 0 Å². The van der Waals surface area contributed by atoms with Gasteiger partial charge in [-0.1, -0.05) is 18.5 Å². The SMILES string of the molecule is CCC1CNC(C)(C2CC2)CN1Cc1c(C)nn(C)c1Cl. The molecule has 0 bridgehead atoms. The van der Waals surface area contributed by atoms with E-state index in [1.54, 1.807) is 4.68 Å². The first kappa shape index (κ1) is 15.3. The molecule has 21 heavy (non-hydrogen) atoms. The summed E-state index contributed by atoms with van der Waals surface area (Å²) in [6.07, 6.45) is 3.92. The molecule has 5 heteroatoms. The quantitative estimate of drug-likeness (QED) is 0.928. The van der Waals surface area contributed by atoms with Crippen molar-refractivity contribution in [2.75, 3.05) is 13.1 Å². The van der Waals surface area contributed by atoms with Gasteiger partial charge in [0.05, 0.1) is 5.69 Å². The van der Waals surface area contributed by atoms with Gasteiger partial charge in [-0.25, -0.2) is 0 Å². The number of halogens is 1. The van der Waals surface area contributed by atoms with Crippen molar-refractivity contribution in [3.8, 4) is 0 Å². The largest absolute Gasteiger partial charge is 0.308 e. The lowest BCUT2D eigenvalue weighted by atomic mass is 9.90. The summed E-state index contributed by atoms with van der Waals surface area (Å²) in [7, 11) is 1.92. The number of piperazine rings is 1. The molecule has 1 aliphatic carbocycles. The first-order chi connectivity index (χ1) is 9.94. The van der Waals surface area contributed by atoms with Crippen molar-refractivity contribution in [3.05, 3.63) is 16.4 Å². The van der Waals surface area contributed by atoms with Gasteiger partial charge in [0.15, 0.2) is 0 Å². The molecule has 0 aromatic carbocycles. The van der Waals surface area contributed by atoms with E-state index < -0.39 is 0 Å². The first-order valence-corrected chi connectivity index (χ1v) is 8.49. The summed E-state index contributed by atoms with van der Waals surface area (Å²) in [5.74, 6) is 0.850. The third-order valence-electron chi connectivity index (χ3n) is 5.37. The molecule has 3 rings (SSSR count). The molecule has 1 aromatic heterocycles. The Morgan fingerprint density at radius 1 is 1.43 bits per heavy atom. The van der Waals surface area contributed by atoms with Crippen LogP contribution in [0.3, 0.4) is 0 Å². The fraction of sp³-hybridized carbons (Fsp3) is 0.812. The van der Waals surface area contributed by atoms with Gasteiger partial charge in [-0.05, 0) is 39.0 Å². The van der Waals surface area contributed by atoms with Gasteiger partial charge in [0.1, 0.15) is 5.15 Å². The van der Waals surface area contributed by atoms with E-state index >= 15 is 0 Å². The zero-order chi connectivity index (χ0) is 15.2. The standard InChI is InChI=1S/C16H27ClN4/c1-5-13-8-18-16(3,12-6-7-12)10-21(13)9-14-11(2)19-20(4)15(14)17/h12-13,18H,5-10H2,1-4H3. The molecule has 2 fully saturated rings. The third kappa shape index (κ3) is 2.86. The van der Waals surface area contributed by atoms with E-state index in [9.17, 15) is 0 Å². The van der Waals surface area contributed by atoms with E-state index in [0.717, 1.165) is 36.4 Å². The molecule has 118 valence electrons. The number of aryl methyl sites for hydroxylation is 2. The van der Waals surface area contributed by atoms with Gasteiger partial charge < -0.3 is 5.32 Å². The highest BCUT2D eigenvalue weighted by Crippen LogP contribution is 2.42. The van der Waals surface area contributed by atoms with Crippen LogP contribution in [0.15, 0.2) is 0 Å². The van der Waals surface area contributed by atoms with Crippen LogP contribution >= 0.6 is 11.6 Å². The van der Waals surface area contributed by atoms with Crippen molar-refractivity contribution in [2.24, 2.45) is 13.0 Å². The number of nitrogens with zero attached hydrogens (tertiary/aromatic N) is 3. The molecule has 2 atom stereocenters. The van der Waals surface area contributed by atoms with Crippen molar-refractivity contribution in [1.29, 1.82) is 0 Å². The van der Waals surface area contributed by atoms with Gasteiger partial charge in [-0.3, -0.25) is 9.58 Å². The second-order valence-corrected chi connectivity index (χ2v) is 7.38. The van der Waals surface area contributed by atoms with Crippen LogP contribution in [0, 0.1) is 12.8 Å². The second kappa shape index (κ2) is 5.56. The van der Waals surface area contributed by atoms with E-state index in [-0.39, 0.29) is 5.54 Å². The van der Waals surface area contributed by atoms with Crippen molar-refractivity contribution in [2.45, 2.75) is 58.2 Å². The summed E-state index contributed by atoms with van der Waals surface area (Å²) >= 11 is 6.43. The summed E-state index contributed by atoms with van der Waals surface area (Å²) < 4.78 is 1.79. The van der Waals surface area contributed by atoms with Crippen LogP contribution in [0.2, 0.25) is 5.15 Å². The zero-order valence-corrected chi connectivity index (χ0v) is 14.4. The van der Waals surface area contributed by atoms with Gasteiger partial charge in [0.2, 0.25) is 0 Å². The van der Waals surface area contributed by atoms with E-state index in [4.69, 9.17) is 11.6 Å². The van der Waals surface area contributed by atoms with Gasteiger partial charge in [0, 0.05) is 43.8 Å². The minimum absolute atomic E-state index is 0.272. The minimum atomic E-state index is 0.272. The van der Waals surface area contributed by atoms with Crippen molar-refractivity contribution in [3.63, 3.8) is 0 Å². The summed E-state index contributed by atoms with van der Waals surface area (Å²) in [5.41, 5.74) is 2.52. The lowest BCUT2D eigenvalue weighted by molar-refractivity contribution is 0.0664. The molecule has 1 N–H and O–H groups in total. The summed E-state index contributed by atoms with van der Waals surface area (Å²) in [6, 6.07) is 0.590. The highest BCUT2D eigenvalue weighted by Gasteiger charge is 2.45. The van der Waals surface area contributed by atoms with Crippen LogP contribution in [0.5, 0.6) is 0 Å². The van der Waals surface area contributed by atoms with Gasteiger partial charge in [-0.2, -0.15) is 5.10 Å². The molecule has 0 spiro atoms. The Morgan fingerprint density at radius 3 is 2.67 bits per heavy atom. The average Bonchev–Trinajstić information content (AvgIpc) is 3.25. The van der Waals surface area contributed by atoms with E-state index in [1.165, 1.54) is 24.8 Å². The van der Waals surface area contributed by atoms with Crippen LogP contribution in [0.1, 0.15) is 44.4 Å². The molecule has 1 saturated heterocycles. The van der Waals surface area contributed by atoms with Gasteiger partial charge >= 0.3 is 0 Å². The highest BCUT2D eigenvalue weighted by molar-refractivity contribution is 6.30. The lowest BCUT2D eigenvalue weighted by Crippen LogP contribution is -2.63. The van der Waals surface area contributed by atoms with Crippen molar-refractivity contribution < 1.29 is 0 Å². The second-order valence-electron chi connectivity index (χ2n) is 7.02. The van der Waals surface area contributed by atoms with Crippen LogP contribution in [-0.4, -0.2) is 39.4 Å². The molecule has 0 radical (unpaired) electrons. The topological polar surface area (TPSA) is 33.1 Å². The zero-order valence-electron chi connectivity index (χ0n) is 13.6. The molecule has 1 aromatic rings. The predicted molar refractivity (Wildman–Crippen MR) is 86.6 cm³/mol.